The van der Waals surface area contributed by atoms with Crippen molar-refractivity contribution in [2.75, 3.05) is 33.0 Å². The molecule has 6 aliphatic heterocycles. The second-order valence-corrected chi connectivity index (χ2v) is 31.2. The number of carbonyl (C=O) groups is 2. The highest BCUT2D eigenvalue weighted by molar-refractivity contribution is 5.79. The van der Waals surface area contributed by atoms with E-state index in [0.717, 1.165) is 5.57 Å². The second-order valence-electron chi connectivity index (χ2n) is 31.2. The molecule has 0 radical (unpaired) electrons. The Morgan fingerprint density at radius 3 is 1.53 bits per heavy atom. The van der Waals surface area contributed by atoms with Gasteiger partial charge in [-0.15, -0.1) is 0 Å². The van der Waals surface area contributed by atoms with E-state index in [1.807, 2.05) is 13.0 Å². The number of carboxylic acid groups (broad SMARTS) is 1. The number of fused-ring (bicyclic) bond motifs is 7. The number of aliphatic carboxylic acids is 1. The number of hydrogen-bond donors (Lipinski definition) is 20. The molecular formula is C65H104O34. The molecular weight excluding hydrogens is 1320 g/mol. The van der Waals surface area contributed by atoms with Gasteiger partial charge in [0.1, 0.15) is 128 Å². The third-order valence-electron chi connectivity index (χ3n) is 25.2. The normalized spacial score (nSPS) is 54.5. The maximum absolute atomic E-state index is 16.0. The van der Waals surface area contributed by atoms with Crippen molar-refractivity contribution in [3.63, 3.8) is 0 Å². The van der Waals surface area contributed by atoms with Gasteiger partial charge < -0.3 is 159 Å². The number of rotatable bonds is 17. The van der Waals surface area contributed by atoms with Crippen LogP contribution in [0.4, 0.5) is 0 Å². The molecule has 11 aliphatic rings. The van der Waals surface area contributed by atoms with Crippen LogP contribution < -0.4 is 0 Å². The van der Waals surface area contributed by atoms with Crippen LogP contribution >= 0.6 is 0 Å². The molecule has 0 amide bonds. The molecule has 5 aliphatic carbocycles. The molecule has 1 unspecified atom stereocenters. The molecule has 0 aromatic heterocycles. The first-order chi connectivity index (χ1) is 46.4. The van der Waals surface area contributed by atoms with Crippen LogP contribution in [-0.4, -0.2) is 337 Å². The summed E-state index contributed by atoms with van der Waals surface area (Å²) in [7, 11) is 0. The van der Waals surface area contributed by atoms with Crippen LogP contribution in [0, 0.1) is 50.2 Å². The van der Waals surface area contributed by atoms with Gasteiger partial charge >= 0.3 is 11.9 Å². The zero-order valence-electron chi connectivity index (χ0n) is 56.3. The van der Waals surface area contributed by atoms with Gasteiger partial charge in [-0.05, 0) is 113 Å². The van der Waals surface area contributed by atoms with Crippen LogP contribution in [0.5, 0.6) is 0 Å². The molecule has 34 nitrogen and oxygen atoms in total. The molecule has 6 saturated heterocycles. The standard InChI is InChI=1S/C65H104O34/c1-23-34(72)49(96-55-43(81)39(77)36(74)30(19-67)92-55)50(97-53-45(83)41(79)47(24(2)90-53)94-52-46(84)48(28(71)21-88-52)95-54-42(80)38(76)35(73)29(18-66)91-54)57(89-23)99-59(87)64-13-12-60(3,4)16-26(64)25-8-9-32-61(5)17-27(70)51(98-56-44(82)40(78)37(75)31(20-68)93-56)63(7,58(85)86)33(61)10-11-62(32,6)65(25,22-69)15-14-64/h8,23-24,26-57,66-84H,9-22H2,1-7H3,(H,85,86)/t23-,24+,26+,27+,28-,29-,30-,31-,32-,33-,34+,35+,36-,37-,38+,39+,40+,41+,42-,43-,44-,45-,46-,47+,48+,49+,50-,51+,52+,53+,54+,55+,56+,57+,61-,62-,63?,64+,65+/m1/s1. The molecule has 39 atom stereocenters. The number of ether oxygens (including phenoxy) is 12. The van der Waals surface area contributed by atoms with Crippen molar-refractivity contribution in [3.8, 4) is 0 Å². The van der Waals surface area contributed by atoms with Crippen LogP contribution in [0.2, 0.25) is 0 Å². The Hall–Kier alpha value is -2.52. The zero-order valence-corrected chi connectivity index (χ0v) is 56.3. The van der Waals surface area contributed by atoms with Crippen LogP contribution in [0.15, 0.2) is 11.6 Å². The van der Waals surface area contributed by atoms with Crippen molar-refractivity contribution < 1.29 is 169 Å². The number of carboxylic acids is 1. The molecule has 10 fully saturated rings. The minimum atomic E-state index is -2.16. The fourth-order valence-electron chi connectivity index (χ4n) is 19.3. The first-order valence-corrected chi connectivity index (χ1v) is 34.4. The van der Waals surface area contributed by atoms with Crippen LogP contribution in [0.25, 0.3) is 0 Å². The first kappa shape index (κ1) is 77.6. The molecule has 11 rings (SSSR count). The second kappa shape index (κ2) is 29.0. The van der Waals surface area contributed by atoms with Crippen molar-refractivity contribution in [1.29, 1.82) is 0 Å². The fraction of sp³-hybridized carbons (Fsp3) is 0.938. The highest BCUT2D eigenvalue weighted by Crippen LogP contribution is 2.76. The summed E-state index contributed by atoms with van der Waals surface area (Å²) in [6, 6.07) is 0. The average Bonchev–Trinajstić information content (AvgIpc) is 0.669. The maximum atomic E-state index is 16.0. The van der Waals surface area contributed by atoms with E-state index in [2.05, 4.69) is 20.8 Å². The Morgan fingerprint density at radius 1 is 0.485 bits per heavy atom. The number of hydrogen-bond acceptors (Lipinski definition) is 33. The SMILES string of the molecule is C[C@@H]1O[C@@H](O[C@H]2[C@H](OC(=O)[C@]34CCC(C)(C)C[C@H]3C3=CC[C@@H]5[C@@]6(C)C[C@H](O)[C@H](O[C@@H]7O[C@H](CO)[C@@H](O)[C@H](O)[C@H]7O)C(C)(C(=O)O)[C@@H]6CC[C@@]5(C)[C@]3(CO)CC4)O[C@H](C)[C@H](O)[C@@H]2O[C@@H]2O[C@H](CO)[C@@H](O)[C@H](O)[C@H]2O)[C@H](O)[C@H](O)[C@H]1O[C@@H]1OC[C@@H](O)[C@H](O[C@@H]2O[C@H](CO)[C@H](O)[C@H](O)[C@H]2O)[C@H]1O. The molecule has 568 valence electrons. The number of aliphatic hydroxyl groups is 19. The summed E-state index contributed by atoms with van der Waals surface area (Å²) < 4.78 is 72.0. The van der Waals surface area contributed by atoms with Gasteiger partial charge in [0, 0.05) is 5.41 Å². The van der Waals surface area contributed by atoms with E-state index >= 15 is 4.79 Å². The van der Waals surface area contributed by atoms with E-state index < -0.39 is 286 Å². The molecule has 34 heteroatoms. The average molecular weight is 1430 g/mol. The van der Waals surface area contributed by atoms with E-state index in [9.17, 15) is 107 Å². The molecule has 99 heavy (non-hydrogen) atoms. The summed E-state index contributed by atoms with van der Waals surface area (Å²) in [5.74, 6) is -3.92. The van der Waals surface area contributed by atoms with E-state index in [0.29, 0.717) is 25.7 Å². The summed E-state index contributed by atoms with van der Waals surface area (Å²) in [5, 5.41) is 220. The Kier molecular flexibility index (Phi) is 22.7. The predicted molar refractivity (Wildman–Crippen MR) is 324 cm³/mol. The number of allylic oxidation sites excluding steroid dienone is 1. The summed E-state index contributed by atoms with van der Waals surface area (Å²) >= 11 is 0. The van der Waals surface area contributed by atoms with Crippen LogP contribution in [-0.2, 0) is 66.4 Å². The van der Waals surface area contributed by atoms with Crippen LogP contribution in [0.3, 0.4) is 0 Å². The fourth-order valence-corrected chi connectivity index (χ4v) is 19.3. The van der Waals surface area contributed by atoms with Gasteiger partial charge in [0.15, 0.2) is 37.6 Å². The van der Waals surface area contributed by atoms with E-state index in [1.165, 1.54) is 20.8 Å². The molecule has 0 aromatic rings. The zero-order chi connectivity index (χ0) is 72.5. The van der Waals surface area contributed by atoms with Crippen molar-refractivity contribution in [2.24, 2.45) is 50.2 Å². The minimum absolute atomic E-state index is 0.0185. The predicted octanol–water partition coefficient (Wildman–Crippen LogP) is -6.68. The lowest BCUT2D eigenvalue weighted by Gasteiger charge is -2.71. The van der Waals surface area contributed by atoms with Gasteiger partial charge in [-0.25, -0.2) is 0 Å². The molecule has 20 N–H and O–H groups in total. The third-order valence-corrected chi connectivity index (χ3v) is 25.2. The van der Waals surface area contributed by atoms with Gasteiger partial charge in [0.05, 0.1) is 62.2 Å². The summed E-state index contributed by atoms with van der Waals surface area (Å²) in [5.41, 5.74) is -5.78. The molecule has 0 bridgehead atoms. The number of esters is 1. The first-order valence-electron chi connectivity index (χ1n) is 34.4. The van der Waals surface area contributed by atoms with Gasteiger partial charge in [-0.3, -0.25) is 9.59 Å². The van der Waals surface area contributed by atoms with Crippen molar-refractivity contribution in [1.82, 2.24) is 0 Å². The number of aliphatic hydroxyl groups excluding tert-OH is 19. The molecule has 4 saturated carbocycles. The number of carbonyl (C=O) groups excluding carboxylic acids is 1. The van der Waals surface area contributed by atoms with E-state index in [4.69, 9.17) is 56.8 Å². The van der Waals surface area contributed by atoms with Crippen LogP contribution in [0.1, 0.15) is 106 Å². The topological polar surface area (TPSA) is 550 Å². The van der Waals surface area contributed by atoms with E-state index in [-0.39, 0.29) is 32.1 Å². The highest BCUT2D eigenvalue weighted by atomic mass is 16.8. The minimum Gasteiger partial charge on any atom is -0.481 e. The lowest BCUT2D eigenvalue weighted by Crippen LogP contribution is -2.71. The van der Waals surface area contributed by atoms with Crippen molar-refractivity contribution in [2.45, 2.75) is 297 Å². The summed E-state index contributed by atoms with van der Waals surface area (Å²) in [6.45, 7) is 8.84. The maximum Gasteiger partial charge on any atom is 0.315 e. The third kappa shape index (κ3) is 13.0. The van der Waals surface area contributed by atoms with Crippen molar-refractivity contribution >= 4 is 11.9 Å². The Bertz CT molecular complexity index is 2840. The van der Waals surface area contributed by atoms with Crippen molar-refractivity contribution in [3.05, 3.63) is 11.6 Å². The van der Waals surface area contributed by atoms with Gasteiger partial charge in [0.25, 0.3) is 0 Å². The lowest BCUT2D eigenvalue weighted by molar-refractivity contribution is -0.393. The Labute approximate surface area is 570 Å². The quantitative estimate of drug-likeness (QED) is 0.0366. The smallest absolute Gasteiger partial charge is 0.315 e. The molecule has 0 spiro atoms. The van der Waals surface area contributed by atoms with Gasteiger partial charge in [0.2, 0.25) is 6.29 Å². The monoisotopic (exact) mass is 1430 g/mol. The largest absolute Gasteiger partial charge is 0.481 e. The van der Waals surface area contributed by atoms with Gasteiger partial charge in [-0.2, -0.15) is 0 Å². The van der Waals surface area contributed by atoms with E-state index in [1.54, 1.807) is 0 Å². The Balaban J connectivity index is 0.873. The molecule has 0 aromatic carbocycles. The van der Waals surface area contributed by atoms with Gasteiger partial charge in [-0.1, -0.05) is 39.3 Å². The lowest BCUT2D eigenvalue weighted by atomic mass is 9.33. The highest BCUT2D eigenvalue weighted by Gasteiger charge is 2.74. The Morgan fingerprint density at radius 2 is 0.980 bits per heavy atom. The molecule has 6 heterocycles. The summed E-state index contributed by atoms with van der Waals surface area (Å²) in [6.07, 6.45) is -50.7. The summed E-state index contributed by atoms with van der Waals surface area (Å²) in [4.78, 5) is 29.9.